The molecule has 2 atom stereocenters. The van der Waals surface area contributed by atoms with Crippen LogP contribution in [0.15, 0.2) is 70.3 Å². The van der Waals surface area contributed by atoms with Crippen molar-refractivity contribution in [1.82, 2.24) is 14.9 Å². The predicted molar refractivity (Wildman–Crippen MR) is 141 cm³/mol. The third-order valence-corrected chi connectivity index (χ3v) is 6.07. The Morgan fingerprint density at radius 3 is 2.26 bits per heavy atom. The number of aromatic amines is 1. The van der Waals surface area contributed by atoms with Crippen LogP contribution in [0.25, 0.3) is 10.9 Å². The number of nitrogens with zero attached hydrogens (tertiary/aromatic N) is 1. The lowest BCUT2D eigenvalue weighted by molar-refractivity contribution is -0.125. The van der Waals surface area contributed by atoms with E-state index in [-0.39, 0.29) is 22.9 Å². The minimum absolute atomic E-state index is 0.0222. The maximum absolute atomic E-state index is 14.4. The zero-order chi connectivity index (χ0) is 28.5. The van der Waals surface area contributed by atoms with Crippen LogP contribution in [-0.4, -0.2) is 21.1 Å². The summed E-state index contributed by atoms with van der Waals surface area (Å²) in [6.07, 6.45) is -0.0932. The van der Waals surface area contributed by atoms with Crippen LogP contribution >= 0.6 is 0 Å². The van der Waals surface area contributed by atoms with E-state index in [1.165, 1.54) is 19.1 Å². The fourth-order valence-electron chi connectivity index (χ4n) is 4.29. The van der Waals surface area contributed by atoms with E-state index in [1.54, 1.807) is 24.3 Å². The average molecular weight is 540 g/mol. The number of hydrogen-bond acceptors (Lipinski definition) is 4. The maximum Gasteiger partial charge on any atom is 0.329 e. The van der Waals surface area contributed by atoms with E-state index in [9.17, 15) is 27.6 Å². The Bertz CT molecular complexity index is 1640. The zero-order valence-corrected chi connectivity index (χ0v) is 21.8. The lowest BCUT2D eigenvalue weighted by Gasteiger charge is -2.23. The highest BCUT2D eigenvalue weighted by Gasteiger charge is 2.28. The molecule has 0 saturated carbocycles. The Balaban J connectivity index is 1.75. The summed E-state index contributed by atoms with van der Waals surface area (Å²) in [5, 5.41) is 2.51. The fraction of sp³-hybridized carbons (Fsp3) is 0.276. The van der Waals surface area contributed by atoms with Crippen molar-refractivity contribution in [3.63, 3.8) is 0 Å². The molecule has 0 unspecified atom stereocenters. The van der Waals surface area contributed by atoms with Crippen molar-refractivity contribution < 1.29 is 22.7 Å². The summed E-state index contributed by atoms with van der Waals surface area (Å²) in [5.74, 6) is -2.49. The molecule has 3 aromatic carbocycles. The molecular formula is C29H28F3N3O4. The molecule has 0 aliphatic carbocycles. The van der Waals surface area contributed by atoms with Gasteiger partial charge in [0.1, 0.15) is 34.8 Å². The average Bonchev–Trinajstić information content (AvgIpc) is 2.84. The number of ether oxygens (including phenoxy) is 1. The monoisotopic (exact) mass is 539 g/mol. The fourth-order valence-corrected chi connectivity index (χ4v) is 4.29. The predicted octanol–water partition coefficient (Wildman–Crippen LogP) is 4.95. The third-order valence-electron chi connectivity index (χ3n) is 6.07. The second-order valence-electron chi connectivity index (χ2n) is 10.3. The van der Waals surface area contributed by atoms with Gasteiger partial charge in [0.25, 0.3) is 5.56 Å². The third kappa shape index (κ3) is 6.39. The van der Waals surface area contributed by atoms with Crippen molar-refractivity contribution in [2.75, 3.05) is 0 Å². The molecule has 0 spiro atoms. The first-order chi connectivity index (χ1) is 18.3. The highest BCUT2D eigenvalue weighted by molar-refractivity contribution is 5.82. The molecule has 2 N–H and O–H groups in total. The quantitative estimate of drug-likeness (QED) is 0.348. The lowest BCUT2D eigenvalue weighted by atomic mass is 10.0. The largest absolute Gasteiger partial charge is 0.488 e. The summed E-state index contributed by atoms with van der Waals surface area (Å²) in [6, 6.07) is 10.8. The van der Waals surface area contributed by atoms with Gasteiger partial charge in [0.15, 0.2) is 0 Å². The first-order valence-electron chi connectivity index (χ1n) is 12.3. The second kappa shape index (κ2) is 10.8. The smallest absolute Gasteiger partial charge is 0.329 e. The van der Waals surface area contributed by atoms with Gasteiger partial charge >= 0.3 is 5.69 Å². The molecule has 0 aliphatic rings. The van der Waals surface area contributed by atoms with Gasteiger partial charge < -0.3 is 15.0 Å². The number of aromatic nitrogens is 2. The number of H-pyrrole nitrogens is 1. The van der Waals surface area contributed by atoms with Crippen molar-refractivity contribution in [3.05, 3.63) is 110 Å². The van der Waals surface area contributed by atoms with E-state index in [0.717, 1.165) is 22.8 Å². The zero-order valence-electron chi connectivity index (χ0n) is 21.8. The number of fused-ring (bicyclic) bond motifs is 1. The number of rotatable bonds is 7. The van der Waals surface area contributed by atoms with Crippen LogP contribution in [0.2, 0.25) is 0 Å². The molecular weight excluding hydrogens is 511 g/mol. The molecule has 0 bridgehead atoms. The van der Waals surface area contributed by atoms with Gasteiger partial charge in [-0.05, 0) is 69.7 Å². The van der Waals surface area contributed by atoms with Gasteiger partial charge in [-0.1, -0.05) is 18.2 Å². The summed E-state index contributed by atoms with van der Waals surface area (Å²) in [6.45, 7) is 7.18. The van der Waals surface area contributed by atoms with Crippen molar-refractivity contribution in [3.8, 4) is 5.75 Å². The van der Waals surface area contributed by atoms with Gasteiger partial charge in [-0.3, -0.25) is 9.59 Å². The van der Waals surface area contributed by atoms with E-state index in [1.807, 2.05) is 20.8 Å². The number of halogens is 3. The number of carbonyl (C=O) groups excluding carboxylic acids is 1. The Morgan fingerprint density at radius 2 is 1.62 bits per heavy atom. The molecule has 4 rings (SSSR count). The summed E-state index contributed by atoms with van der Waals surface area (Å²) >= 11 is 0. The normalized spacial score (nSPS) is 13.2. The Labute approximate surface area is 222 Å². The molecule has 204 valence electrons. The first kappa shape index (κ1) is 27.7. The number of benzene rings is 3. The molecule has 4 aromatic rings. The maximum atomic E-state index is 14.4. The molecule has 0 fully saturated rings. The molecule has 1 aromatic heterocycles. The Morgan fingerprint density at radius 1 is 0.974 bits per heavy atom. The molecule has 10 heteroatoms. The Kier molecular flexibility index (Phi) is 7.67. The molecule has 1 amide bonds. The summed E-state index contributed by atoms with van der Waals surface area (Å²) in [7, 11) is 0. The van der Waals surface area contributed by atoms with Crippen LogP contribution in [0.3, 0.4) is 0 Å². The van der Waals surface area contributed by atoms with Crippen molar-refractivity contribution >= 4 is 16.8 Å². The van der Waals surface area contributed by atoms with Crippen molar-refractivity contribution in [1.29, 1.82) is 0 Å². The molecule has 0 aliphatic heterocycles. The Hall–Kier alpha value is -4.34. The van der Waals surface area contributed by atoms with Gasteiger partial charge in [0.2, 0.25) is 5.91 Å². The molecule has 7 nitrogen and oxygen atoms in total. The number of hydrogen-bond donors (Lipinski definition) is 2. The molecule has 0 radical (unpaired) electrons. The summed E-state index contributed by atoms with van der Waals surface area (Å²) in [4.78, 5) is 42.5. The van der Waals surface area contributed by atoms with Crippen LogP contribution in [0.1, 0.15) is 50.9 Å². The SMILES string of the molecule is C[C@@H](NC(=O)[C@H](Cc1ccc(OC(C)(C)C)cc1)n1c(=O)[nH]c2ccc(F)cc2c1=O)c1ccc(F)cc1F. The molecule has 0 saturated heterocycles. The minimum Gasteiger partial charge on any atom is -0.488 e. The van der Waals surface area contributed by atoms with Crippen LogP contribution in [0, 0.1) is 17.5 Å². The number of nitrogens with one attached hydrogen (secondary N) is 2. The first-order valence-corrected chi connectivity index (χ1v) is 12.3. The van der Waals surface area contributed by atoms with Crippen LogP contribution in [0.4, 0.5) is 13.2 Å². The van der Waals surface area contributed by atoms with E-state index >= 15 is 0 Å². The summed E-state index contributed by atoms with van der Waals surface area (Å²) < 4.78 is 48.3. The van der Waals surface area contributed by atoms with Gasteiger partial charge in [-0.2, -0.15) is 0 Å². The van der Waals surface area contributed by atoms with E-state index in [0.29, 0.717) is 17.4 Å². The topological polar surface area (TPSA) is 93.2 Å². The van der Waals surface area contributed by atoms with Gasteiger partial charge in [-0.15, -0.1) is 0 Å². The van der Waals surface area contributed by atoms with E-state index in [4.69, 9.17) is 4.74 Å². The highest BCUT2D eigenvalue weighted by atomic mass is 19.1. The number of carbonyl (C=O) groups is 1. The minimum atomic E-state index is -1.38. The van der Waals surface area contributed by atoms with Crippen LogP contribution < -0.4 is 21.3 Å². The molecule has 1 heterocycles. The van der Waals surface area contributed by atoms with Gasteiger partial charge in [0, 0.05) is 18.1 Å². The van der Waals surface area contributed by atoms with E-state index < -0.39 is 52.3 Å². The summed E-state index contributed by atoms with van der Waals surface area (Å²) in [5.41, 5.74) is -1.42. The number of amides is 1. The lowest BCUT2D eigenvalue weighted by Crippen LogP contribution is -2.46. The van der Waals surface area contributed by atoms with Crippen LogP contribution in [-0.2, 0) is 11.2 Å². The second-order valence-corrected chi connectivity index (χ2v) is 10.3. The van der Waals surface area contributed by atoms with Gasteiger partial charge in [-0.25, -0.2) is 22.5 Å². The van der Waals surface area contributed by atoms with Crippen molar-refractivity contribution in [2.24, 2.45) is 0 Å². The highest BCUT2D eigenvalue weighted by Crippen LogP contribution is 2.23. The van der Waals surface area contributed by atoms with E-state index in [2.05, 4.69) is 10.3 Å². The molecule has 39 heavy (non-hydrogen) atoms. The van der Waals surface area contributed by atoms with Crippen LogP contribution in [0.5, 0.6) is 5.75 Å². The van der Waals surface area contributed by atoms with Crippen molar-refractivity contribution in [2.45, 2.75) is 51.8 Å². The standard InChI is InChI=1S/C29H28F3N3O4/c1-16(21-11-7-19(31)15-23(21)32)33-26(36)25(13-17-5-9-20(10-6-17)39-29(2,3)4)35-27(37)22-14-18(30)8-12-24(22)34-28(35)38/h5-12,14-16,25H,13H2,1-4H3,(H,33,36)(H,34,38)/t16-,25+/m1/s1. The van der Waals surface area contributed by atoms with Gasteiger partial charge in [0.05, 0.1) is 16.9 Å².